The molecule has 10 heteroatoms. The van der Waals surface area contributed by atoms with Crippen LogP contribution in [0.5, 0.6) is 0 Å². The number of ketones is 1. The maximum atomic E-state index is 13.2. The molecular formula is C28H39Cl2N5O3. The molecule has 2 amide bonds. The van der Waals surface area contributed by atoms with Crippen molar-refractivity contribution in [2.24, 2.45) is 0 Å². The highest BCUT2D eigenvalue weighted by Crippen LogP contribution is 2.27. The Kier molecular flexibility index (Phi) is 12.0. The van der Waals surface area contributed by atoms with Gasteiger partial charge in [-0.3, -0.25) is 19.4 Å². The van der Waals surface area contributed by atoms with Crippen LogP contribution in [0.25, 0.3) is 0 Å². The lowest BCUT2D eigenvalue weighted by Gasteiger charge is -2.31. The molecule has 0 fully saturated rings. The Morgan fingerprint density at radius 3 is 2.34 bits per heavy atom. The van der Waals surface area contributed by atoms with E-state index in [1.54, 1.807) is 17.0 Å². The standard InChI is InChI=1S/C28H37N5O3.2ClH/c1-4-29-12-13-32(19-28(36)31(3)33-17-22-8-5-6-9-23(22)18-33)27(35)16-30-25-15-24-21(14-20(25)2)10-7-11-26(24)34;;/h5-6,8-9,14-15,29-30H,4,7,10-13,16-19H2,1-3H3;2*1H. The number of halogens is 2. The van der Waals surface area contributed by atoms with E-state index >= 15 is 0 Å². The highest BCUT2D eigenvalue weighted by atomic mass is 35.5. The zero-order valence-electron chi connectivity index (χ0n) is 22.4. The molecular weight excluding hydrogens is 525 g/mol. The van der Waals surface area contributed by atoms with Gasteiger partial charge in [-0.25, -0.2) is 5.01 Å². The van der Waals surface area contributed by atoms with Crippen LogP contribution in [0.4, 0.5) is 5.69 Å². The van der Waals surface area contributed by atoms with E-state index in [9.17, 15) is 14.4 Å². The molecule has 8 nitrogen and oxygen atoms in total. The van der Waals surface area contributed by atoms with Crippen LogP contribution in [-0.4, -0.2) is 72.3 Å². The summed E-state index contributed by atoms with van der Waals surface area (Å²) in [4.78, 5) is 40.3. The minimum absolute atomic E-state index is 0. The summed E-state index contributed by atoms with van der Waals surface area (Å²) in [6.45, 7) is 7.28. The molecule has 0 unspecified atom stereocenters. The van der Waals surface area contributed by atoms with Gasteiger partial charge in [-0.05, 0) is 54.6 Å². The Bertz CT molecular complexity index is 1120. The number of anilines is 1. The number of hydrogen-bond donors (Lipinski definition) is 2. The SMILES string of the molecule is CCNCCN(CC(=O)N(C)N1Cc2ccccc2C1)C(=O)CNc1cc2c(cc1C)CCCC2=O.Cl.Cl. The van der Waals surface area contributed by atoms with Gasteiger partial charge in [0.2, 0.25) is 5.91 Å². The van der Waals surface area contributed by atoms with E-state index in [0.717, 1.165) is 41.8 Å². The average molecular weight is 565 g/mol. The third-order valence-electron chi connectivity index (χ3n) is 7.13. The lowest BCUT2D eigenvalue weighted by atomic mass is 9.89. The van der Waals surface area contributed by atoms with Gasteiger partial charge in [-0.2, -0.15) is 0 Å². The number of carbonyl (C=O) groups excluding carboxylic acids is 3. The number of amides is 2. The smallest absolute Gasteiger partial charge is 0.256 e. The summed E-state index contributed by atoms with van der Waals surface area (Å²) in [6, 6.07) is 12.1. The van der Waals surface area contributed by atoms with Crippen LogP contribution in [0, 0.1) is 6.92 Å². The molecule has 0 aromatic heterocycles. The van der Waals surface area contributed by atoms with Crippen LogP contribution in [0.1, 0.15) is 52.4 Å². The van der Waals surface area contributed by atoms with E-state index in [1.165, 1.54) is 11.1 Å². The van der Waals surface area contributed by atoms with Crippen molar-refractivity contribution in [2.45, 2.75) is 46.2 Å². The van der Waals surface area contributed by atoms with Crippen LogP contribution in [0.15, 0.2) is 36.4 Å². The number of aryl methyl sites for hydroxylation is 2. The number of hydrazine groups is 1. The molecule has 4 rings (SSSR count). The fraction of sp³-hybridized carbons (Fsp3) is 0.464. The van der Waals surface area contributed by atoms with Crippen molar-refractivity contribution in [3.8, 4) is 0 Å². The fourth-order valence-electron chi connectivity index (χ4n) is 4.91. The summed E-state index contributed by atoms with van der Waals surface area (Å²) < 4.78 is 0. The Balaban J connectivity index is 0.00000253. The third-order valence-corrected chi connectivity index (χ3v) is 7.13. The molecule has 208 valence electrons. The Morgan fingerprint density at radius 1 is 1.00 bits per heavy atom. The van der Waals surface area contributed by atoms with E-state index in [1.807, 2.05) is 37.1 Å². The Labute approximate surface area is 237 Å². The topological polar surface area (TPSA) is 85.0 Å². The predicted molar refractivity (Wildman–Crippen MR) is 155 cm³/mol. The van der Waals surface area contributed by atoms with Crippen LogP contribution in [-0.2, 0) is 29.1 Å². The normalized spacial score (nSPS) is 14.0. The summed E-state index contributed by atoms with van der Waals surface area (Å²) in [5.74, 6) is -0.110. The number of rotatable bonds is 10. The van der Waals surface area contributed by atoms with E-state index in [0.29, 0.717) is 32.6 Å². The minimum atomic E-state index is -0.150. The second-order valence-corrected chi connectivity index (χ2v) is 9.63. The summed E-state index contributed by atoms with van der Waals surface area (Å²) in [5, 5.41) is 10.1. The van der Waals surface area contributed by atoms with Gasteiger partial charge in [0, 0.05) is 50.9 Å². The molecule has 1 heterocycles. The number of nitrogens with zero attached hydrogens (tertiary/aromatic N) is 3. The van der Waals surface area contributed by atoms with Gasteiger partial charge < -0.3 is 15.5 Å². The zero-order valence-corrected chi connectivity index (χ0v) is 24.1. The largest absolute Gasteiger partial charge is 0.376 e. The quantitative estimate of drug-likeness (QED) is 0.429. The highest BCUT2D eigenvalue weighted by molar-refractivity contribution is 5.99. The number of carbonyl (C=O) groups is 3. The van der Waals surface area contributed by atoms with Crippen molar-refractivity contribution in [2.75, 3.05) is 45.1 Å². The van der Waals surface area contributed by atoms with Crippen molar-refractivity contribution in [1.82, 2.24) is 20.2 Å². The summed E-state index contributed by atoms with van der Waals surface area (Å²) >= 11 is 0. The molecule has 0 atom stereocenters. The molecule has 0 radical (unpaired) electrons. The number of Topliss-reactive ketones (excluding diaryl/α,β-unsaturated/α-hetero) is 1. The predicted octanol–water partition coefficient (Wildman–Crippen LogP) is 3.60. The Hall–Kier alpha value is -2.65. The third kappa shape index (κ3) is 7.47. The van der Waals surface area contributed by atoms with Gasteiger partial charge in [0.1, 0.15) is 6.54 Å². The van der Waals surface area contributed by atoms with Crippen LogP contribution < -0.4 is 10.6 Å². The average Bonchev–Trinajstić information content (AvgIpc) is 3.31. The monoisotopic (exact) mass is 563 g/mol. The summed E-state index contributed by atoms with van der Waals surface area (Å²) in [7, 11) is 1.77. The molecule has 0 saturated heterocycles. The van der Waals surface area contributed by atoms with Crippen LogP contribution in [0.2, 0.25) is 0 Å². The number of benzene rings is 2. The number of nitrogens with one attached hydrogen (secondary N) is 2. The first-order chi connectivity index (χ1) is 17.4. The summed E-state index contributed by atoms with van der Waals surface area (Å²) in [6.07, 6.45) is 2.38. The molecule has 1 aliphatic heterocycles. The van der Waals surface area contributed by atoms with E-state index in [2.05, 4.69) is 28.8 Å². The molecule has 38 heavy (non-hydrogen) atoms. The van der Waals surface area contributed by atoms with Gasteiger partial charge in [-0.1, -0.05) is 37.3 Å². The second kappa shape index (κ2) is 14.5. The van der Waals surface area contributed by atoms with Gasteiger partial charge in [0.25, 0.3) is 5.91 Å². The fourth-order valence-corrected chi connectivity index (χ4v) is 4.91. The number of likely N-dealkylation sites (N-methyl/N-ethyl adjacent to an activating group) is 2. The van der Waals surface area contributed by atoms with E-state index in [4.69, 9.17) is 0 Å². The molecule has 2 aliphatic rings. The zero-order chi connectivity index (χ0) is 25.7. The molecule has 2 N–H and O–H groups in total. The molecule has 0 spiro atoms. The Morgan fingerprint density at radius 2 is 1.68 bits per heavy atom. The molecule has 0 saturated carbocycles. The van der Waals surface area contributed by atoms with Crippen molar-refractivity contribution in [1.29, 1.82) is 0 Å². The summed E-state index contributed by atoms with van der Waals surface area (Å²) in [5.41, 5.74) is 6.10. The molecule has 2 aromatic carbocycles. The van der Waals surface area contributed by atoms with Crippen molar-refractivity contribution in [3.63, 3.8) is 0 Å². The van der Waals surface area contributed by atoms with E-state index in [-0.39, 0.29) is 55.5 Å². The highest BCUT2D eigenvalue weighted by Gasteiger charge is 2.27. The van der Waals surface area contributed by atoms with Crippen molar-refractivity contribution in [3.05, 3.63) is 64.2 Å². The molecule has 2 aromatic rings. The first-order valence-corrected chi connectivity index (χ1v) is 12.8. The van der Waals surface area contributed by atoms with E-state index < -0.39 is 0 Å². The first kappa shape index (κ1) is 31.6. The van der Waals surface area contributed by atoms with Crippen molar-refractivity contribution >= 4 is 48.1 Å². The van der Waals surface area contributed by atoms with Crippen LogP contribution >= 0.6 is 24.8 Å². The van der Waals surface area contributed by atoms with Gasteiger partial charge in [0.05, 0.1) is 6.54 Å². The van der Waals surface area contributed by atoms with Gasteiger partial charge >= 0.3 is 0 Å². The molecule has 1 aliphatic carbocycles. The maximum Gasteiger partial charge on any atom is 0.256 e. The number of fused-ring (bicyclic) bond motifs is 2. The van der Waals surface area contributed by atoms with Crippen LogP contribution in [0.3, 0.4) is 0 Å². The van der Waals surface area contributed by atoms with Gasteiger partial charge in [0.15, 0.2) is 5.78 Å². The second-order valence-electron chi connectivity index (χ2n) is 9.63. The van der Waals surface area contributed by atoms with Crippen molar-refractivity contribution < 1.29 is 14.4 Å². The lowest BCUT2D eigenvalue weighted by molar-refractivity contribution is -0.151. The lowest BCUT2D eigenvalue weighted by Crippen LogP contribution is -2.49. The molecule has 0 bridgehead atoms. The maximum absolute atomic E-state index is 13.2. The first-order valence-electron chi connectivity index (χ1n) is 12.8. The van der Waals surface area contributed by atoms with Gasteiger partial charge in [-0.15, -0.1) is 24.8 Å². The minimum Gasteiger partial charge on any atom is -0.376 e. The number of hydrogen-bond acceptors (Lipinski definition) is 6.